The molecular formula is C10H18ClNO3. The average Bonchev–Trinajstić information content (AvgIpc) is 2.64. The molecule has 0 aliphatic carbocycles. The van der Waals surface area contributed by atoms with Crippen molar-refractivity contribution in [1.29, 1.82) is 0 Å². The molecule has 15 heavy (non-hydrogen) atoms. The number of rotatable bonds is 4. The molecule has 1 aromatic rings. The maximum atomic E-state index is 9.12. The van der Waals surface area contributed by atoms with Gasteiger partial charge in [-0.25, -0.2) is 0 Å². The lowest BCUT2D eigenvalue weighted by Gasteiger charge is -2.27. The molecule has 1 atom stereocenters. The van der Waals surface area contributed by atoms with Crippen LogP contribution in [0.1, 0.15) is 31.4 Å². The van der Waals surface area contributed by atoms with E-state index < -0.39 is 5.41 Å². The summed E-state index contributed by atoms with van der Waals surface area (Å²) in [7, 11) is 0. The van der Waals surface area contributed by atoms with Gasteiger partial charge in [0.05, 0.1) is 12.6 Å². The van der Waals surface area contributed by atoms with Gasteiger partial charge in [0.25, 0.3) is 0 Å². The quantitative estimate of drug-likeness (QED) is 0.733. The first-order valence-electron chi connectivity index (χ1n) is 4.57. The van der Waals surface area contributed by atoms with Crippen molar-refractivity contribution in [3.63, 3.8) is 0 Å². The Bertz CT molecular complexity index is 299. The Morgan fingerprint density at radius 3 is 2.40 bits per heavy atom. The van der Waals surface area contributed by atoms with Crippen LogP contribution in [0.25, 0.3) is 0 Å². The van der Waals surface area contributed by atoms with Crippen LogP contribution in [-0.4, -0.2) is 16.8 Å². The Kier molecular flexibility index (Phi) is 5.31. The molecule has 0 bridgehead atoms. The maximum Gasteiger partial charge on any atom is 0.129 e. The number of halogens is 1. The highest BCUT2D eigenvalue weighted by atomic mass is 35.5. The highest BCUT2D eigenvalue weighted by Gasteiger charge is 2.29. The molecule has 4 nitrogen and oxygen atoms in total. The number of hydrogen-bond donors (Lipinski definition) is 3. The van der Waals surface area contributed by atoms with Crippen molar-refractivity contribution in [3.05, 3.63) is 23.7 Å². The Morgan fingerprint density at radius 1 is 1.40 bits per heavy atom. The van der Waals surface area contributed by atoms with Crippen LogP contribution in [0.5, 0.6) is 0 Å². The second-order valence-electron chi connectivity index (χ2n) is 4.09. The predicted octanol–water partition coefficient (Wildman–Crippen LogP) is 1.21. The van der Waals surface area contributed by atoms with Crippen molar-refractivity contribution < 1.29 is 14.6 Å². The molecule has 1 heterocycles. The van der Waals surface area contributed by atoms with E-state index in [-0.39, 0.29) is 31.7 Å². The zero-order valence-corrected chi connectivity index (χ0v) is 9.75. The van der Waals surface area contributed by atoms with Crippen molar-refractivity contribution >= 4 is 12.4 Å². The van der Waals surface area contributed by atoms with Crippen LogP contribution in [0.15, 0.2) is 16.5 Å². The Labute approximate surface area is 95.5 Å². The maximum absolute atomic E-state index is 9.12. The third-order valence-corrected chi connectivity index (χ3v) is 2.39. The fourth-order valence-electron chi connectivity index (χ4n) is 1.13. The summed E-state index contributed by atoms with van der Waals surface area (Å²) in [5.41, 5.74) is 5.49. The summed E-state index contributed by atoms with van der Waals surface area (Å²) in [5, 5.41) is 17.9. The first-order valence-corrected chi connectivity index (χ1v) is 4.57. The summed E-state index contributed by atoms with van der Waals surface area (Å²) in [6.45, 7) is 3.58. The van der Waals surface area contributed by atoms with E-state index in [9.17, 15) is 0 Å². The van der Waals surface area contributed by atoms with Gasteiger partial charge in [-0.1, -0.05) is 13.8 Å². The minimum absolute atomic E-state index is 0. The first-order chi connectivity index (χ1) is 6.51. The second kappa shape index (κ2) is 5.51. The van der Waals surface area contributed by atoms with Gasteiger partial charge < -0.3 is 20.4 Å². The van der Waals surface area contributed by atoms with E-state index in [1.54, 1.807) is 12.1 Å². The van der Waals surface area contributed by atoms with Crippen LogP contribution in [0.2, 0.25) is 0 Å². The van der Waals surface area contributed by atoms with Gasteiger partial charge in [0.15, 0.2) is 0 Å². The number of nitrogens with two attached hydrogens (primary N) is 1. The van der Waals surface area contributed by atoms with E-state index in [2.05, 4.69) is 0 Å². The van der Waals surface area contributed by atoms with Gasteiger partial charge in [0.1, 0.15) is 18.1 Å². The fraction of sp³-hybridized carbons (Fsp3) is 0.600. The van der Waals surface area contributed by atoms with Crippen molar-refractivity contribution in [2.24, 2.45) is 11.1 Å². The molecule has 1 aromatic heterocycles. The highest BCUT2D eigenvalue weighted by Crippen LogP contribution is 2.31. The number of aliphatic hydroxyl groups is 2. The largest absolute Gasteiger partial charge is 0.462 e. The molecule has 88 valence electrons. The molecule has 0 aliphatic heterocycles. The molecule has 0 radical (unpaired) electrons. The smallest absolute Gasteiger partial charge is 0.129 e. The van der Waals surface area contributed by atoms with Crippen LogP contribution in [0.4, 0.5) is 0 Å². The molecule has 0 saturated carbocycles. The van der Waals surface area contributed by atoms with Gasteiger partial charge in [-0.15, -0.1) is 12.4 Å². The van der Waals surface area contributed by atoms with Gasteiger partial charge in [-0.2, -0.15) is 0 Å². The zero-order valence-electron chi connectivity index (χ0n) is 8.93. The molecule has 4 N–H and O–H groups in total. The van der Waals surface area contributed by atoms with Crippen LogP contribution in [0, 0.1) is 5.41 Å². The number of hydrogen-bond acceptors (Lipinski definition) is 4. The van der Waals surface area contributed by atoms with Crippen LogP contribution in [-0.2, 0) is 6.61 Å². The Hall–Kier alpha value is -0.550. The van der Waals surface area contributed by atoms with Gasteiger partial charge in [0.2, 0.25) is 0 Å². The van der Waals surface area contributed by atoms with E-state index >= 15 is 0 Å². The monoisotopic (exact) mass is 235 g/mol. The predicted molar refractivity (Wildman–Crippen MR) is 59.7 cm³/mol. The molecule has 0 amide bonds. The first kappa shape index (κ1) is 14.5. The van der Waals surface area contributed by atoms with Gasteiger partial charge in [-0.3, -0.25) is 0 Å². The average molecular weight is 236 g/mol. The number of aliphatic hydroxyl groups excluding tert-OH is 2. The van der Waals surface area contributed by atoms with Gasteiger partial charge >= 0.3 is 0 Å². The molecule has 0 fully saturated rings. The van der Waals surface area contributed by atoms with E-state index in [1.165, 1.54) is 0 Å². The topological polar surface area (TPSA) is 79.6 Å². The summed E-state index contributed by atoms with van der Waals surface area (Å²) >= 11 is 0. The van der Waals surface area contributed by atoms with E-state index in [0.29, 0.717) is 11.5 Å². The SMILES string of the molecule is CC(C)(CO)[C@H](N)c1ccc(CO)o1.Cl. The number of furan rings is 1. The molecule has 0 unspecified atom stereocenters. The van der Waals surface area contributed by atoms with Crippen LogP contribution < -0.4 is 5.73 Å². The normalized spacial score (nSPS) is 13.4. The summed E-state index contributed by atoms with van der Waals surface area (Å²) in [6.07, 6.45) is 0. The third-order valence-electron chi connectivity index (χ3n) is 2.39. The van der Waals surface area contributed by atoms with Gasteiger partial charge in [0, 0.05) is 5.41 Å². The molecular weight excluding hydrogens is 218 g/mol. The molecule has 0 saturated heterocycles. The minimum atomic E-state index is -0.426. The van der Waals surface area contributed by atoms with Gasteiger partial charge in [-0.05, 0) is 12.1 Å². The molecule has 1 rings (SSSR count). The molecule has 0 aromatic carbocycles. The molecule has 5 heteroatoms. The Balaban J connectivity index is 0.00000196. The van der Waals surface area contributed by atoms with E-state index in [0.717, 1.165) is 0 Å². The third kappa shape index (κ3) is 3.21. The Morgan fingerprint density at radius 2 is 2.00 bits per heavy atom. The standard InChI is InChI=1S/C10H17NO3.ClH/c1-10(2,6-13)9(11)8-4-3-7(5-12)14-8;/h3-4,9,12-13H,5-6,11H2,1-2H3;1H/t9-;/m1./s1. The van der Waals surface area contributed by atoms with Crippen LogP contribution in [0.3, 0.4) is 0 Å². The van der Waals surface area contributed by atoms with Crippen molar-refractivity contribution in [2.75, 3.05) is 6.61 Å². The fourth-order valence-corrected chi connectivity index (χ4v) is 1.13. The van der Waals surface area contributed by atoms with Crippen LogP contribution >= 0.6 is 12.4 Å². The van der Waals surface area contributed by atoms with Crippen molar-refractivity contribution in [2.45, 2.75) is 26.5 Å². The summed E-state index contributed by atoms with van der Waals surface area (Å²) < 4.78 is 5.30. The van der Waals surface area contributed by atoms with Crippen molar-refractivity contribution in [1.82, 2.24) is 0 Å². The lowest BCUT2D eigenvalue weighted by molar-refractivity contribution is 0.120. The molecule has 0 aliphatic rings. The lowest BCUT2D eigenvalue weighted by Crippen LogP contribution is -2.32. The molecule has 0 spiro atoms. The van der Waals surface area contributed by atoms with E-state index in [1.807, 2.05) is 13.8 Å². The summed E-state index contributed by atoms with van der Waals surface area (Å²) in [4.78, 5) is 0. The highest BCUT2D eigenvalue weighted by molar-refractivity contribution is 5.85. The second-order valence-corrected chi connectivity index (χ2v) is 4.09. The summed E-state index contributed by atoms with van der Waals surface area (Å²) in [6, 6.07) is 3.05. The zero-order chi connectivity index (χ0) is 10.8. The lowest BCUT2D eigenvalue weighted by atomic mass is 9.84. The van der Waals surface area contributed by atoms with E-state index in [4.69, 9.17) is 20.4 Å². The van der Waals surface area contributed by atoms with Crippen molar-refractivity contribution in [3.8, 4) is 0 Å². The minimum Gasteiger partial charge on any atom is -0.462 e. The summed E-state index contributed by atoms with van der Waals surface area (Å²) in [5.74, 6) is 1.08.